The molecule has 0 radical (unpaired) electrons. The first kappa shape index (κ1) is 18.7. The summed E-state index contributed by atoms with van der Waals surface area (Å²) in [7, 11) is 0. The molecule has 0 aliphatic carbocycles. The van der Waals surface area contributed by atoms with Gasteiger partial charge < -0.3 is 15.0 Å². The molecular formula is C22H21ClFN3O. The predicted octanol–water partition coefficient (Wildman–Crippen LogP) is 4.99. The van der Waals surface area contributed by atoms with Gasteiger partial charge in [0.2, 0.25) is 0 Å². The fourth-order valence-corrected chi connectivity index (χ4v) is 3.36. The number of hydrogen-bond acceptors (Lipinski definition) is 4. The van der Waals surface area contributed by atoms with Crippen molar-refractivity contribution in [3.8, 4) is 11.3 Å². The van der Waals surface area contributed by atoms with Crippen molar-refractivity contribution in [3.05, 3.63) is 77.2 Å². The van der Waals surface area contributed by atoms with Gasteiger partial charge in [0.05, 0.1) is 36.8 Å². The number of morpholine rings is 1. The Bertz CT molecular complexity index is 943. The molecule has 1 fully saturated rings. The summed E-state index contributed by atoms with van der Waals surface area (Å²) in [5.41, 5.74) is 4.12. The number of anilines is 2. The van der Waals surface area contributed by atoms with Crippen molar-refractivity contribution in [2.24, 2.45) is 0 Å². The van der Waals surface area contributed by atoms with Crippen LogP contribution in [0.2, 0.25) is 5.02 Å². The molecule has 1 aliphatic heterocycles. The molecule has 6 heteroatoms. The number of benzene rings is 2. The quantitative estimate of drug-likeness (QED) is 0.658. The molecule has 0 atom stereocenters. The van der Waals surface area contributed by atoms with Crippen LogP contribution in [-0.4, -0.2) is 31.3 Å². The maximum absolute atomic E-state index is 14.5. The van der Waals surface area contributed by atoms with E-state index in [0.29, 0.717) is 43.6 Å². The van der Waals surface area contributed by atoms with Crippen LogP contribution in [0, 0.1) is 5.82 Å². The van der Waals surface area contributed by atoms with Crippen molar-refractivity contribution in [3.63, 3.8) is 0 Å². The Morgan fingerprint density at radius 1 is 1.04 bits per heavy atom. The topological polar surface area (TPSA) is 37.4 Å². The van der Waals surface area contributed by atoms with Crippen LogP contribution < -0.4 is 10.2 Å². The van der Waals surface area contributed by atoms with Crippen LogP contribution in [0.15, 0.2) is 60.7 Å². The zero-order valence-electron chi connectivity index (χ0n) is 15.4. The Balaban J connectivity index is 1.43. The summed E-state index contributed by atoms with van der Waals surface area (Å²) in [6.45, 7) is 3.21. The molecule has 3 aromatic rings. The first-order valence-electron chi connectivity index (χ1n) is 9.27. The molecule has 1 aliphatic rings. The fourth-order valence-electron chi connectivity index (χ4n) is 3.23. The van der Waals surface area contributed by atoms with Crippen molar-refractivity contribution in [1.29, 1.82) is 0 Å². The van der Waals surface area contributed by atoms with Gasteiger partial charge >= 0.3 is 0 Å². The first-order chi connectivity index (χ1) is 13.7. The van der Waals surface area contributed by atoms with Crippen LogP contribution in [0.3, 0.4) is 0 Å². The van der Waals surface area contributed by atoms with E-state index < -0.39 is 0 Å². The van der Waals surface area contributed by atoms with Crippen LogP contribution in [0.5, 0.6) is 0 Å². The lowest BCUT2D eigenvalue weighted by Crippen LogP contribution is -2.36. The summed E-state index contributed by atoms with van der Waals surface area (Å²) in [4.78, 5) is 6.69. The van der Waals surface area contributed by atoms with E-state index in [9.17, 15) is 4.39 Å². The number of nitrogens with zero attached hydrogens (tertiary/aromatic N) is 2. The molecule has 0 bridgehead atoms. The van der Waals surface area contributed by atoms with Crippen molar-refractivity contribution in [2.45, 2.75) is 6.54 Å². The van der Waals surface area contributed by atoms with Gasteiger partial charge in [0, 0.05) is 29.4 Å². The van der Waals surface area contributed by atoms with Gasteiger partial charge in [-0.15, -0.1) is 0 Å². The molecule has 2 aromatic carbocycles. The van der Waals surface area contributed by atoms with E-state index >= 15 is 0 Å². The van der Waals surface area contributed by atoms with Crippen LogP contribution in [-0.2, 0) is 11.3 Å². The van der Waals surface area contributed by atoms with E-state index in [1.165, 1.54) is 6.07 Å². The number of ether oxygens (including phenoxy) is 1. The lowest BCUT2D eigenvalue weighted by Gasteiger charge is -2.29. The fraction of sp³-hybridized carbons (Fsp3) is 0.227. The summed E-state index contributed by atoms with van der Waals surface area (Å²) in [5.74, 6) is -0.227. The number of nitrogens with one attached hydrogen (secondary N) is 1. The van der Waals surface area contributed by atoms with Crippen LogP contribution in [0.25, 0.3) is 11.3 Å². The molecule has 1 saturated heterocycles. The van der Waals surface area contributed by atoms with Gasteiger partial charge in [-0.2, -0.15) is 0 Å². The second-order valence-electron chi connectivity index (χ2n) is 6.64. The number of rotatable bonds is 5. The Labute approximate surface area is 168 Å². The minimum absolute atomic E-state index is 0.227. The van der Waals surface area contributed by atoms with Gasteiger partial charge in [-0.1, -0.05) is 29.8 Å². The summed E-state index contributed by atoms with van der Waals surface area (Å²) in [5, 5.41) is 3.95. The predicted molar refractivity (Wildman–Crippen MR) is 111 cm³/mol. The lowest BCUT2D eigenvalue weighted by molar-refractivity contribution is 0.122. The highest BCUT2D eigenvalue weighted by Crippen LogP contribution is 2.24. The molecule has 4 nitrogen and oxygen atoms in total. The molecule has 1 N–H and O–H groups in total. The Kier molecular flexibility index (Phi) is 5.74. The highest BCUT2D eigenvalue weighted by molar-refractivity contribution is 6.30. The van der Waals surface area contributed by atoms with E-state index in [1.54, 1.807) is 0 Å². The largest absolute Gasteiger partial charge is 0.379 e. The van der Waals surface area contributed by atoms with Crippen molar-refractivity contribution < 1.29 is 9.13 Å². The third-order valence-electron chi connectivity index (χ3n) is 4.72. The minimum Gasteiger partial charge on any atom is -0.379 e. The van der Waals surface area contributed by atoms with Crippen LogP contribution in [0.4, 0.5) is 15.8 Å². The van der Waals surface area contributed by atoms with E-state index in [4.69, 9.17) is 16.3 Å². The molecule has 0 spiro atoms. The van der Waals surface area contributed by atoms with Crippen LogP contribution >= 0.6 is 11.6 Å². The van der Waals surface area contributed by atoms with Gasteiger partial charge in [-0.25, -0.2) is 4.39 Å². The second kappa shape index (κ2) is 8.59. The van der Waals surface area contributed by atoms with Crippen LogP contribution in [0.1, 0.15) is 5.69 Å². The van der Waals surface area contributed by atoms with Crippen molar-refractivity contribution in [2.75, 3.05) is 36.5 Å². The molecule has 0 saturated carbocycles. The highest BCUT2D eigenvalue weighted by Gasteiger charge is 2.15. The highest BCUT2D eigenvalue weighted by atomic mass is 35.5. The summed E-state index contributed by atoms with van der Waals surface area (Å²) >= 11 is 5.95. The van der Waals surface area contributed by atoms with Gasteiger partial charge in [0.15, 0.2) is 0 Å². The molecule has 2 heterocycles. The summed E-state index contributed by atoms with van der Waals surface area (Å²) < 4.78 is 19.9. The minimum atomic E-state index is -0.227. The van der Waals surface area contributed by atoms with Crippen molar-refractivity contribution in [1.82, 2.24) is 4.98 Å². The SMILES string of the molecule is Fc1cc(NCc2cccc(-c3ccc(Cl)cc3)n2)ccc1N1CCOCC1. The Morgan fingerprint density at radius 2 is 1.82 bits per heavy atom. The third kappa shape index (κ3) is 4.43. The van der Waals surface area contributed by atoms with Gasteiger partial charge in [-0.3, -0.25) is 4.98 Å². The van der Waals surface area contributed by atoms with Gasteiger partial charge in [0.1, 0.15) is 5.82 Å². The smallest absolute Gasteiger partial charge is 0.148 e. The van der Waals surface area contributed by atoms with E-state index in [1.807, 2.05) is 59.5 Å². The molecule has 1 aromatic heterocycles. The van der Waals surface area contributed by atoms with Gasteiger partial charge in [0.25, 0.3) is 0 Å². The lowest BCUT2D eigenvalue weighted by atomic mass is 10.1. The molecule has 4 rings (SSSR count). The normalized spacial score (nSPS) is 14.1. The number of hydrogen-bond donors (Lipinski definition) is 1. The summed E-state index contributed by atoms with van der Waals surface area (Å²) in [6, 6.07) is 18.7. The number of pyridine rings is 1. The zero-order chi connectivity index (χ0) is 19.3. The van der Waals surface area contributed by atoms with Gasteiger partial charge in [-0.05, 0) is 42.5 Å². The van der Waals surface area contributed by atoms with E-state index in [2.05, 4.69) is 10.3 Å². The maximum atomic E-state index is 14.5. The molecule has 0 amide bonds. The molecule has 144 valence electrons. The third-order valence-corrected chi connectivity index (χ3v) is 4.97. The zero-order valence-corrected chi connectivity index (χ0v) is 16.1. The maximum Gasteiger partial charge on any atom is 0.148 e. The monoisotopic (exact) mass is 397 g/mol. The van der Waals surface area contributed by atoms with E-state index in [-0.39, 0.29) is 5.82 Å². The van der Waals surface area contributed by atoms with Crippen molar-refractivity contribution >= 4 is 23.0 Å². The Hall–Kier alpha value is -2.63. The Morgan fingerprint density at radius 3 is 2.57 bits per heavy atom. The number of aromatic nitrogens is 1. The summed E-state index contributed by atoms with van der Waals surface area (Å²) in [6.07, 6.45) is 0. The average Bonchev–Trinajstić information content (AvgIpc) is 2.74. The second-order valence-corrected chi connectivity index (χ2v) is 7.08. The molecule has 28 heavy (non-hydrogen) atoms. The average molecular weight is 398 g/mol. The van der Waals surface area contributed by atoms with E-state index in [0.717, 1.165) is 22.6 Å². The number of halogens is 2. The molecular weight excluding hydrogens is 377 g/mol. The standard InChI is InChI=1S/C22H21ClFN3O/c23-17-6-4-16(5-7-17)21-3-1-2-19(26-21)15-25-18-8-9-22(20(24)14-18)27-10-12-28-13-11-27/h1-9,14,25H,10-13,15H2. The molecule has 0 unspecified atom stereocenters. The first-order valence-corrected chi connectivity index (χ1v) is 9.65.